The first-order chi connectivity index (χ1) is 10.9. The van der Waals surface area contributed by atoms with Crippen molar-refractivity contribution < 1.29 is 0 Å². The zero-order valence-corrected chi connectivity index (χ0v) is 18.3. The van der Waals surface area contributed by atoms with Gasteiger partial charge in [0.15, 0.2) is 5.96 Å². The van der Waals surface area contributed by atoms with Gasteiger partial charge in [-0.25, -0.2) is 0 Å². The lowest BCUT2D eigenvalue weighted by Crippen LogP contribution is -2.52. The van der Waals surface area contributed by atoms with Crippen molar-refractivity contribution in [2.75, 3.05) is 27.7 Å². The Morgan fingerprint density at radius 2 is 1.88 bits per heavy atom. The van der Waals surface area contributed by atoms with Gasteiger partial charge in [0.1, 0.15) is 0 Å². The molecular weight excluding hydrogens is 415 g/mol. The van der Waals surface area contributed by atoms with Crippen LogP contribution >= 0.6 is 24.0 Å². The summed E-state index contributed by atoms with van der Waals surface area (Å²) in [7, 11) is 8.19. The van der Waals surface area contributed by atoms with E-state index in [1.807, 2.05) is 18.8 Å². The van der Waals surface area contributed by atoms with Crippen LogP contribution in [0, 0.1) is 13.8 Å². The van der Waals surface area contributed by atoms with Crippen LogP contribution in [-0.2, 0) is 13.6 Å². The second kappa shape index (κ2) is 9.03. The summed E-state index contributed by atoms with van der Waals surface area (Å²) in [5.41, 5.74) is 3.79. The van der Waals surface area contributed by atoms with Gasteiger partial charge in [0.2, 0.25) is 0 Å². The molecule has 1 aliphatic rings. The van der Waals surface area contributed by atoms with E-state index in [1.165, 1.54) is 36.9 Å². The maximum atomic E-state index is 4.47. The van der Waals surface area contributed by atoms with Gasteiger partial charge in [0.05, 0.1) is 5.69 Å². The highest BCUT2D eigenvalue weighted by Crippen LogP contribution is 2.33. The molecule has 7 heteroatoms. The van der Waals surface area contributed by atoms with E-state index in [-0.39, 0.29) is 29.5 Å². The molecule has 0 amide bonds. The fraction of sp³-hybridized carbons (Fsp3) is 0.765. The van der Waals surface area contributed by atoms with Crippen LogP contribution in [0.4, 0.5) is 0 Å². The molecule has 0 bridgehead atoms. The van der Waals surface area contributed by atoms with Gasteiger partial charge < -0.3 is 15.5 Å². The Labute approximate surface area is 163 Å². The Hall–Kier alpha value is -0.830. The van der Waals surface area contributed by atoms with Gasteiger partial charge in [0.25, 0.3) is 0 Å². The van der Waals surface area contributed by atoms with Crippen molar-refractivity contribution in [3.63, 3.8) is 0 Å². The van der Waals surface area contributed by atoms with Crippen molar-refractivity contribution >= 4 is 29.9 Å². The number of rotatable bonds is 5. The Kier molecular flexibility index (Phi) is 7.98. The SMILES string of the molecule is CN=C(NCc1c(C)nn(C)c1C)NCC1(N(C)C)CCCC1.I. The molecule has 2 N–H and O–H groups in total. The number of likely N-dealkylation sites (N-methyl/N-ethyl adjacent to an activating group) is 1. The van der Waals surface area contributed by atoms with E-state index in [2.05, 4.69) is 53.6 Å². The lowest BCUT2D eigenvalue weighted by Gasteiger charge is -2.37. The topological polar surface area (TPSA) is 57.5 Å². The molecule has 0 radical (unpaired) electrons. The molecule has 0 atom stereocenters. The molecule has 1 aliphatic carbocycles. The highest BCUT2D eigenvalue weighted by Gasteiger charge is 2.35. The maximum Gasteiger partial charge on any atom is 0.191 e. The number of guanidine groups is 1. The first-order valence-corrected chi connectivity index (χ1v) is 8.50. The van der Waals surface area contributed by atoms with E-state index in [0.29, 0.717) is 0 Å². The molecule has 0 aromatic carbocycles. The molecular formula is C17H33IN6. The number of halogens is 1. The summed E-state index contributed by atoms with van der Waals surface area (Å²) in [6.07, 6.45) is 5.15. The average Bonchev–Trinajstić information content (AvgIpc) is 3.08. The first kappa shape index (κ1) is 21.2. The number of hydrogen-bond donors (Lipinski definition) is 2. The summed E-state index contributed by atoms with van der Waals surface area (Å²) in [4.78, 5) is 6.74. The summed E-state index contributed by atoms with van der Waals surface area (Å²) in [6.45, 7) is 5.84. The monoisotopic (exact) mass is 448 g/mol. The second-order valence-corrected chi connectivity index (χ2v) is 6.88. The molecule has 1 saturated carbocycles. The predicted molar refractivity (Wildman–Crippen MR) is 111 cm³/mol. The summed E-state index contributed by atoms with van der Waals surface area (Å²) in [5, 5.41) is 11.4. The van der Waals surface area contributed by atoms with Crippen molar-refractivity contribution in [2.24, 2.45) is 12.0 Å². The van der Waals surface area contributed by atoms with E-state index >= 15 is 0 Å². The van der Waals surface area contributed by atoms with Crippen molar-refractivity contribution in [3.8, 4) is 0 Å². The van der Waals surface area contributed by atoms with Gasteiger partial charge in [-0.05, 0) is 40.8 Å². The van der Waals surface area contributed by atoms with E-state index < -0.39 is 0 Å². The number of hydrogen-bond acceptors (Lipinski definition) is 3. The molecule has 6 nitrogen and oxygen atoms in total. The molecule has 1 aromatic rings. The fourth-order valence-corrected chi connectivity index (χ4v) is 3.53. The number of aliphatic imine (C=N–C) groups is 1. The van der Waals surface area contributed by atoms with Crippen LogP contribution in [-0.4, -0.2) is 53.9 Å². The van der Waals surface area contributed by atoms with Gasteiger partial charge in [-0.1, -0.05) is 12.8 Å². The smallest absolute Gasteiger partial charge is 0.191 e. The fourth-order valence-electron chi connectivity index (χ4n) is 3.53. The molecule has 0 saturated heterocycles. The molecule has 2 rings (SSSR count). The molecule has 138 valence electrons. The first-order valence-electron chi connectivity index (χ1n) is 8.50. The van der Waals surface area contributed by atoms with E-state index in [1.54, 1.807) is 0 Å². The van der Waals surface area contributed by atoms with Gasteiger partial charge >= 0.3 is 0 Å². The minimum atomic E-state index is 0. The van der Waals surface area contributed by atoms with Gasteiger partial charge in [-0.2, -0.15) is 5.10 Å². The highest BCUT2D eigenvalue weighted by molar-refractivity contribution is 14.0. The van der Waals surface area contributed by atoms with Crippen LogP contribution in [0.5, 0.6) is 0 Å². The summed E-state index contributed by atoms with van der Waals surface area (Å²) >= 11 is 0. The van der Waals surface area contributed by atoms with Crippen LogP contribution in [0.2, 0.25) is 0 Å². The van der Waals surface area contributed by atoms with E-state index in [0.717, 1.165) is 24.7 Å². The van der Waals surface area contributed by atoms with Crippen LogP contribution in [0.15, 0.2) is 4.99 Å². The van der Waals surface area contributed by atoms with E-state index in [9.17, 15) is 0 Å². The molecule has 24 heavy (non-hydrogen) atoms. The number of nitrogens with one attached hydrogen (secondary N) is 2. The van der Waals surface area contributed by atoms with Crippen molar-refractivity contribution in [1.29, 1.82) is 0 Å². The lowest BCUT2D eigenvalue weighted by molar-refractivity contribution is 0.160. The van der Waals surface area contributed by atoms with Gasteiger partial charge in [-0.15, -0.1) is 24.0 Å². The van der Waals surface area contributed by atoms with Gasteiger partial charge in [0, 0.05) is 44.0 Å². The summed E-state index contributed by atoms with van der Waals surface area (Å²) in [6, 6.07) is 0. The lowest BCUT2D eigenvalue weighted by atomic mass is 9.96. The van der Waals surface area contributed by atoms with Gasteiger partial charge in [-0.3, -0.25) is 9.67 Å². The zero-order chi connectivity index (χ0) is 17.0. The minimum Gasteiger partial charge on any atom is -0.355 e. The quantitative estimate of drug-likeness (QED) is 0.412. The van der Waals surface area contributed by atoms with Crippen LogP contribution in [0.25, 0.3) is 0 Å². The van der Waals surface area contributed by atoms with Crippen LogP contribution in [0.1, 0.15) is 42.6 Å². The molecule has 0 aliphatic heterocycles. The molecule has 1 fully saturated rings. The molecule has 1 heterocycles. The van der Waals surface area contributed by atoms with Crippen molar-refractivity contribution in [3.05, 3.63) is 17.0 Å². The minimum absolute atomic E-state index is 0. The average molecular weight is 448 g/mol. The number of aromatic nitrogens is 2. The number of aryl methyl sites for hydroxylation is 2. The highest BCUT2D eigenvalue weighted by atomic mass is 127. The third-order valence-corrected chi connectivity index (χ3v) is 5.38. The van der Waals surface area contributed by atoms with Crippen LogP contribution < -0.4 is 10.6 Å². The summed E-state index contributed by atoms with van der Waals surface area (Å²) in [5.74, 6) is 0.862. The maximum absolute atomic E-state index is 4.47. The second-order valence-electron chi connectivity index (χ2n) is 6.88. The summed E-state index contributed by atoms with van der Waals surface area (Å²) < 4.78 is 1.93. The van der Waals surface area contributed by atoms with Crippen LogP contribution in [0.3, 0.4) is 0 Å². The van der Waals surface area contributed by atoms with Crippen molar-refractivity contribution in [2.45, 2.75) is 51.6 Å². The molecule has 1 aromatic heterocycles. The molecule has 0 spiro atoms. The standard InChI is InChI=1S/C17H32N6.HI/c1-13-15(14(2)23(6)21-13)11-19-16(18-3)20-12-17(22(4)5)9-7-8-10-17;/h7-12H2,1-6H3,(H2,18,19,20);1H. The Morgan fingerprint density at radius 3 is 2.33 bits per heavy atom. The third-order valence-electron chi connectivity index (χ3n) is 5.38. The zero-order valence-electron chi connectivity index (χ0n) is 15.9. The largest absolute Gasteiger partial charge is 0.355 e. The number of nitrogens with zero attached hydrogens (tertiary/aromatic N) is 4. The Balaban J connectivity index is 0.00000288. The third kappa shape index (κ3) is 4.62. The normalized spacial score (nSPS) is 17.0. The Bertz CT molecular complexity index is 558. The molecule has 0 unspecified atom stereocenters. The van der Waals surface area contributed by atoms with E-state index in [4.69, 9.17) is 0 Å². The van der Waals surface area contributed by atoms with Crippen molar-refractivity contribution in [1.82, 2.24) is 25.3 Å². The predicted octanol–water partition coefficient (Wildman–Crippen LogP) is 2.19. The Morgan fingerprint density at radius 1 is 1.25 bits per heavy atom.